The topological polar surface area (TPSA) is 72.6 Å². The number of benzene rings is 1. The highest BCUT2D eigenvalue weighted by molar-refractivity contribution is 7.89. The largest absolute Gasteiger partial charge is 0.497 e. The molecule has 0 saturated heterocycles. The fourth-order valence-electron chi connectivity index (χ4n) is 1.71. The lowest BCUT2D eigenvalue weighted by Gasteiger charge is -2.21. The van der Waals surface area contributed by atoms with Crippen molar-refractivity contribution in [2.75, 3.05) is 20.7 Å². The van der Waals surface area contributed by atoms with Crippen LogP contribution in [0.25, 0.3) is 0 Å². The molecule has 0 fully saturated rings. The van der Waals surface area contributed by atoms with E-state index in [0.717, 1.165) is 0 Å². The molecule has 7 heteroatoms. The average Bonchev–Trinajstić information content (AvgIpc) is 2.44. The zero-order valence-electron chi connectivity index (χ0n) is 12.9. The predicted octanol–water partition coefficient (Wildman–Crippen LogP) is 2.11. The molecule has 0 radical (unpaired) electrons. The molecule has 2 N–H and O–H groups in total. The van der Waals surface area contributed by atoms with Crippen LogP contribution in [0.2, 0.25) is 0 Å². The lowest BCUT2D eigenvalue weighted by Crippen LogP contribution is -2.34. The van der Waals surface area contributed by atoms with Gasteiger partial charge in [0.05, 0.1) is 12.0 Å². The van der Waals surface area contributed by atoms with Crippen molar-refractivity contribution in [3.8, 4) is 5.75 Å². The van der Waals surface area contributed by atoms with Gasteiger partial charge >= 0.3 is 0 Å². The summed E-state index contributed by atoms with van der Waals surface area (Å²) in [6, 6.07) is 6.38. The van der Waals surface area contributed by atoms with Gasteiger partial charge in [0.1, 0.15) is 5.75 Å². The number of hydrogen-bond donors (Lipinski definition) is 1. The Bertz CT molecular complexity index is 518. The van der Waals surface area contributed by atoms with Crippen molar-refractivity contribution in [3.05, 3.63) is 24.3 Å². The van der Waals surface area contributed by atoms with Crippen LogP contribution in [0.4, 0.5) is 0 Å². The van der Waals surface area contributed by atoms with Crippen LogP contribution in [-0.4, -0.2) is 39.5 Å². The summed E-state index contributed by atoms with van der Waals surface area (Å²) in [5.41, 5.74) is 5.95. The number of sulfonamides is 1. The van der Waals surface area contributed by atoms with Crippen LogP contribution < -0.4 is 10.5 Å². The van der Waals surface area contributed by atoms with E-state index in [-0.39, 0.29) is 23.3 Å². The van der Waals surface area contributed by atoms with E-state index >= 15 is 0 Å². The molecule has 1 rings (SSSR count). The third kappa shape index (κ3) is 5.47. The molecule has 1 aromatic carbocycles. The van der Waals surface area contributed by atoms with Crippen molar-refractivity contribution < 1.29 is 13.2 Å². The molecular formula is C14H25ClN2O3S. The number of rotatable bonds is 7. The van der Waals surface area contributed by atoms with Gasteiger partial charge in [-0.3, -0.25) is 0 Å². The van der Waals surface area contributed by atoms with Crippen LogP contribution >= 0.6 is 12.4 Å². The van der Waals surface area contributed by atoms with Gasteiger partial charge in [-0.05, 0) is 36.6 Å². The van der Waals surface area contributed by atoms with Crippen molar-refractivity contribution in [3.63, 3.8) is 0 Å². The lowest BCUT2D eigenvalue weighted by molar-refractivity contribution is 0.397. The molecule has 21 heavy (non-hydrogen) atoms. The minimum atomic E-state index is -3.46. The molecule has 0 heterocycles. The van der Waals surface area contributed by atoms with E-state index in [1.54, 1.807) is 38.4 Å². The van der Waals surface area contributed by atoms with E-state index in [9.17, 15) is 8.42 Å². The summed E-state index contributed by atoms with van der Waals surface area (Å²) < 4.78 is 31.1. The Morgan fingerprint density at radius 2 is 1.76 bits per heavy atom. The van der Waals surface area contributed by atoms with Crippen LogP contribution in [0.1, 0.15) is 20.3 Å². The van der Waals surface area contributed by atoms with Gasteiger partial charge in [-0.25, -0.2) is 12.7 Å². The van der Waals surface area contributed by atoms with E-state index in [2.05, 4.69) is 0 Å². The SMILES string of the molecule is COc1ccc(S(=O)(=O)N(C)CCC(N)C(C)C)cc1.Cl. The molecular weight excluding hydrogens is 312 g/mol. The standard InChI is InChI=1S/C14H24N2O3S.ClH/c1-11(2)14(15)9-10-16(3)20(17,18)13-7-5-12(19-4)6-8-13;/h5-8,11,14H,9-10,15H2,1-4H3;1H. The first-order chi connectivity index (χ1) is 9.28. The summed E-state index contributed by atoms with van der Waals surface area (Å²) in [6.07, 6.45) is 0.642. The van der Waals surface area contributed by atoms with Crippen LogP contribution in [0.3, 0.4) is 0 Å². The molecule has 122 valence electrons. The van der Waals surface area contributed by atoms with Gasteiger partial charge in [-0.2, -0.15) is 0 Å². The van der Waals surface area contributed by atoms with Crippen molar-refractivity contribution in [1.29, 1.82) is 0 Å². The summed E-state index contributed by atoms with van der Waals surface area (Å²) in [7, 11) is -0.343. The molecule has 0 saturated carbocycles. The Morgan fingerprint density at radius 1 is 1.24 bits per heavy atom. The Kier molecular flexibility index (Phi) is 8.25. The number of hydrogen-bond acceptors (Lipinski definition) is 4. The summed E-state index contributed by atoms with van der Waals surface area (Å²) in [6.45, 7) is 4.47. The highest BCUT2D eigenvalue weighted by atomic mass is 35.5. The number of methoxy groups -OCH3 is 1. The highest BCUT2D eigenvalue weighted by Gasteiger charge is 2.21. The van der Waals surface area contributed by atoms with E-state index < -0.39 is 10.0 Å². The number of nitrogens with zero attached hydrogens (tertiary/aromatic N) is 1. The molecule has 0 aliphatic rings. The Hall–Kier alpha value is -0.820. The van der Waals surface area contributed by atoms with Crippen molar-refractivity contribution in [2.45, 2.75) is 31.2 Å². The van der Waals surface area contributed by atoms with E-state index in [1.807, 2.05) is 13.8 Å². The van der Waals surface area contributed by atoms with E-state index in [1.165, 1.54) is 4.31 Å². The monoisotopic (exact) mass is 336 g/mol. The second-order valence-electron chi connectivity index (χ2n) is 5.20. The minimum absolute atomic E-state index is 0. The summed E-state index contributed by atoms with van der Waals surface area (Å²) in [5, 5.41) is 0. The lowest BCUT2D eigenvalue weighted by atomic mass is 10.0. The molecule has 0 aliphatic heterocycles. The van der Waals surface area contributed by atoms with Crippen molar-refractivity contribution >= 4 is 22.4 Å². The van der Waals surface area contributed by atoms with Gasteiger partial charge in [0, 0.05) is 19.6 Å². The smallest absolute Gasteiger partial charge is 0.242 e. The third-order valence-corrected chi connectivity index (χ3v) is 5.27. The normalized spacial score (nSPS) is 13.1. The summed E-state index contributed by atoms with van der Waals surface area (Å²) in [4.78, 5) is 0.263. The van der Waals surface area contributed by atoms with Gasteiger partial charge in [0.25, 0.3) is 0 Å². The van der Waals surface area contributed by atoms with Gasteiger partial charge < -0.3 is 10.5 Å². The summed E-state index contributed by atoms with van der Waals surface area (Å²) >= 11 is 0. The number of ether oxygens (including phenoxy) is 1. The van der Waals surface area contributed by atoms with Crippen LogP contribution in [0, 0.1) is 5.92 Å². The Labute approximate surface area is 133 Å². The zero-order valence-corrected chi connectivity index (χ0v) is 14.6. The maximum absolute atomic E-state index is 12.4. The third-order valence-electron chi connectivity index (χ3n) is 3.40. The molecule has 1 unspecified atom stereocenters. The molecule has 0 bridgehead atoms. The maximum Gasteiger partial charge on any atom is 0.242 e. The minimum Gasteiger partial charge on any atom is -0.497 e. The summed E-state index contributed by atoms with van der Waals surface area (Å²) in [5.74, 6) is 0.973. The van der Waals surface area contributed by atoms with E-state index in [4.69, 9.17) is 10.5 Å². The van der Waals surface area contributed by atoms with Crippen LogP contribution in [0.5, 0.6) is 5.75 Å². The number of nitrogens with two attached hydrogens (primary N) is 1. The van der Waals surface area contributed by atoms with Crippen molar-refractivity contribution in [1.82, 2.24) is 4.31 Å². The second kappa shape index (κ2) is 8.58. The highest BCUT2D eigenvalue weighted by Crippen LogP contribution is 2.19. The van der Waals surface area contributed by atoms with Gasteiger partial charge in [0.2, 0.25) is 10.0 Å². The predicted molar refractivity (Wildman–Crippen MR) is 87.5 cm³/mol. The molecule has 0 spiro atoms. The van der Waals surface area contributed by atoms with Crippen LogP contribution in [-0.2, 0) is 10.0 Å². The first kappa shape index (κ1) is 20.2. The molecule has 1 aromatic rings. The van der Waals surface area contributed by atoms with Gasteiger partial charge in [0.15, 0.2) is 0 Å². The first-order valence-corrected chi connectivity index (χ1v) is 8.09. The molecule has 1 atom stereocenters. The average molecular weight is 337 g/mol. The Balaban J connectivity index is 0.00000400. The van der Waals surface area contributed by atoms with Gasteiger partial charge in [-0.1, -0.05) is 13.8 Å². The first-order valence-electron chi connectivity index (χ1n) is 6.65. The molecule has 0 aliphatic carbocycles. The zero-order chi connectivity index (χ0) is 15.3. The fourth-order valence-corrected chi connectivity index (χ4v) is 2.90. The molecule has 0 aromatic heterocycles. The Morgan fingerprint density at radius 3 is 2.19 bits per heavy atom. The molecule has 0 amide bonds. The van der Waals surface area contributed by atoms with E-state index in [0.29, 0.717) is 24.6 Å². The van der Waals surface area contributed by atoms with Crippen LogP contribution in [0.15, 0.2) is 29.2 Å². The number of halogens is 1. The second-order valence-corrected chi connectivity index (χ2v) is 7.24. The quantitative estimate of drug-likeness (QED) is 0.827. The maximum atomic E-state index is 12.4. The molecule has 5 nitrogen and oxygen atoms in total. The fraction of sp³-hybridized carbons (Fsp3) is 0.571. The van der Waals surface area contributed by atoms with Gasteiger partial charge in [-0.15, -0.1) is 12.4 Å². The van der Waals surface area contributed by atoms with Crippen molar-refractivity contribution in [2.24, 2.45) is 11.7 Å².